The van der Waals surface area contributed by atoms with E-state index in [1.54, 1.807) is 24.7 Å². The van der Waals surface area contributed by atoms with Crippen molar-refractivity contribution in [3.63, 3.8) is 0 Å². The van der Waals surface area contributed by atoms with Crippen LogP contribution in [-0.2, 0) is 11.3 Å². The number of aryl methyl sites for hydroxylation is 1. The van der Waals surface area contributed by atoms with Crippen LogP contribution in [0.15, 0.2) is 35.2 Å². The first-order valence-electron chi connectivity index (χ1n) is 6.56. The SMILES string of the molecule is CC(=O)N(Cc1ccco1)c1nnc(-c2cnc(C)cn2)s1. The predicted molar refractivity (Wildman–Crippen MR) is 81.2 cm³/mol. The van der Waals surface area contributed by atoms with Gasteiger partial charge >= 0.3 is 0 Å². The van der Waals surface area contributed by atoms with E-state index in [1.807, 2.05) is 13.0 Å². The van der Waals surface area contributed by atoms with Crippen LogP contribution in [-0.4, -0.2) is 26.1 Å². The molecule has 0 radical (unpaired) electrons. The van der Waals surface area contributed by atoms with Crippen molar-refractivity contribution in [2.45, 2.75) is 20.4 Å². The van der Waals surface area contributed by atoms with Gasteiger partial charge in [0.1, 0.15) is 11.5 Å². The van der Waals surface area contributed by atoms with E-state index >= 15 is 0 Å². The number of hydrogen-bond acceptors (Lipinski definition) is 7. The summed E-state index contributed by atoms with van der Waals surface area (Å²) in [4.78, 5) is 21.8. The number of nitrogens with zero attached hydrogens (tertiary/aromatic N) is 5. The van der Waals surface area contributed by atoms with E-state index < -0.39 is 0 Å². The Balaban J connectivity index is 1.86. The van der Waals surface area contributed by atoms with Gasteiger partial charge in [0.2, 0.25) is 11.0 Å². The summed E-state index contributed by atoms with van der Waals surface area (Å²) in [5.41, 5.74) is 1.47. The van der Waals surface area contributed by atoms with Crippen LogP contribution in [0.2, 0.25) is 0 Å². The lowest BCUT2D eigenvalue weighted by Gasteiger charge is -2.15. The first-order chi connectivity index (χ1) is 10.6. The molecule has 0 unspecified atom stereocenters. The number of aromatic nitrogens is 4. The van der Waals surface area contributed by atoms with Gasteiger partial charge in [-0.3, -0.25) is 19.7 Å². The summed E-state index contributed by atoms with van der Waals surface area (Å²) >= 11 is 1.29. The highest BCUT2D eigenvalue weighted by Gasteiger charge is 2.19. The summed E-state index contributed by atoms with van der Waals surface area (Å²) in [6.45, 7) is 3.66. The maximum absolute atomic E-state index is 11.9. The van der Waals surface area contributed by atoms with Crippen LogP contribution in [0.1, 0.15) is 18.4 Å². The number of carbonyl (C=O) groups excluding carboxylic acids is 1. The summed E-state index contributed by atoms with van der Waals surface area (Å²) in [5, 5.41) is 9.29. The highest BCUT2D eigenvalue weighted by molar-refractivity contribution is 7.18. The highest BCUT2D eigenvalue weighted by Crippen LogP contribution is 2.28. The summed E-state index contributed by atoms with van der Waals surface area (Å²) in [5.74, 6) is 0.552. The van der Waals surface area contributed by atoms with E-state index in [0.29, 0.717) is 28.1 Å². The lowest BCUT2D eigenvalue weighted by molar-refractivity contribution is -0.116. The van der Waals surface area contributed by atoms with Gasteiger partial charge in [0, 0.05) is 13.1 Å². The normalized spacial score (nSPS) is 10.6. The molecule has 0 saturated carbocycles. The Kier molecular flexibility index (Phi) is 3.92. The van der Waals surface area contributed by atoms with E-state index in [-0.39, 0.29) is 5.91 Å². The molecule has 0 atom stereocenters. The number of carbonyl (C=O) groups is 1. The molecule has 0 aliphatic heterocycles. The number of rotatable bonds is 4. The lowest BCUT2D eigenvalue weighted by atomic mass is 10.4. The second-order valence-corrected chi connectivity index (χ2v) is 5.57. The number of hydrogen-bond donors (Lipinski definition) is 0. The van der Waals surface area contributed by atoms with Crippen molar-refractivity contribution in [2.75, 3.05) is 4.90 Å². The second kappa shape index (κ2) is 6.02. The minimum Gasteiger partial charge on any atom is -0.467 e. The van der Waals surface area contributed by atoms with Crippen molar-refractivity contribution in [1.82, 2.24) is 20.2 Å². The van der Waals surface area contributed by atoms with Crippen molar-refractivity contribution in [1.29, 1.82) is 0 Å². The molecule has 3 heterocycles. The van der Waals surface area contributed by atoms with Gasteiger partial charge in [0.15, 0.2) is 5.01 Å². The van der Waals surface area contributed by atoms with Gasteiger partial charge in [-0.2, -0.15) is 0 Å². The van der Waals surface area contributed by atoms with Crippen molar-refractivity contribution in [3.8, 4) is 10.7 Å². The molecule has 112 valence electrons. The molecule has 0 saturated heterocycles. The smallest absolute Gasteiger partial charge is 0.226 e. The predicted octanol–water partition coefficient (Wildman–Crippen LogP) is 2.45. The van der Waals surface area contributed by atoms with Gasteiger partial charge < -0.3 is 4.42 Å². The molecule has 0 aromatic carbocycles. The molecule has 0 fully saturated rings. The minimum atomic E-state index is -0.130. The van der Waals surface area contributed by atoms with Crippen LogP contribution in [0, 0.1) is 6.92 Å². The standard InChI is InChI=1S/C14H13N5O2S/c1-9-6-16-12(7-15-9)13-17-18-14(22-13)19(10(2)20)8-11-4-3-5-21-11/h3-7H,8H2,1-2H3. The van der Waals surface area contributed by atoms with E-state index in [9.17, 15) is 4.79 Å². The van der Waals surface area contributed by atoms with Gasteiger partial charge in [-0.15, -0.1) is 10.2 Å². The van der Waals surface area contributed by atoms with Crippen LogP contribution in [0.25, 0.3) is 10.7 Å². The number of furan rings is 1. The third-order valence-electron chi connectivity index (χ3n) is 2.92. The molecule has 8 heteroatoms. The summed E-state index contributed by atoms with van der Waals surface area (Å²) in [7, 11) is 0. The first-order valence-corrected chi connectivity index (χ1v) is 7.38. The molecule has 1 amide bonds. The Morgan fingerprint density at radius 2 is 2.18 bits per heavy atom. The van der Waals surface area contributed by atoms with Gasteiger partial charge in [-0.1, -0.05) is 11.3 Å². The van der Waals surface area contributed by atoms with Crippen LogP contribution >= 0.6 is 11.3 Å². The average molecular weight is 315 g/mol. The second-order valence-electron chi connectivity index (χ2n) is 4.62. The summed E-state index contributed by atoms with van der Waals surface area (Å²) in [6, 6.07) is 3.59. The molecule has 3 rings (SSSR count). The average Bonchev–Trinajstić information content (AvgIpc) is 3.17. The first kappa shape index (κ1) is 14.3. The topological polar surface area (TPSA) is 85.0 Å². The quantitative estimate of drug-likeness (QED) is 0.735. The van der Waals surface area contributed by atoms with Gasteiger partial charge in [0.25, 0.3) is 0 Å². The molecule has 22 heavy (non-hydrogen) atoms. The zero-order valence-corrected chi connectivity index (χ0v) is 12.9. The van der Waals surface area contributed by atoms with Gasteiger partial charge in [0.05, 0.1) is 24.7 Å². The van der Waals surface area contributed by atoms with Crippen LogP contribution in [0.4, 0.5) is 5.13 Å². The van der Waals surface area contributed by atoms with Gasteiger partial charge in [-0.25, -0.2) is 0 Å². The Hall–Kier alpha value is -2.61. The van der Waals surface area contributed by atoms with Crippen molar-refractivity contribution in [2.24, 2.45) is 0 Å². The molecule has 0 bridgehead atoms. The maximum Gasteiger partial charge on any atom is 0.226 e. The monoisotopic (exact) mass is 315 g/mol. The maximum atomic E-state index is 11.9. The third kappa shape index (κ3) is 3.01. The zero-order valence-electron chi connectivity index (χ0n) is 12.1. The van der Waals surface area contributed by atoms with Crippen molar-refractivity contribution in [3.05, 3.63) is 42.2 Å². The van der Waals surface area contributed by atoms with Gasteiger partial charge in [-0.05, 0) is 19.1 Å². The van der Waals surface area contributed by atoms with Crippen molar-refractivity contribution >= 4 is 22.4 Å². The summed E-state index contributed by atoms with van der Waals surface area (Å²) in [6.07, 6.45) is 4.88. The van der Waals surface area contributed by atoms with Crippen molar-refractivity contribution < 1.29 is 9.21 Å². The molecular weight excluding hydrogens is 302 g/mol. The van der Waals surface area contributed by atoms with Crippen LogP contribution in [0.5, 0.6) is 0 Å². The molecule has 0 aliphatic carbocycles. The Labute approximate surface area is 130 Å². The molecule has 3 aromatic rings. The largest absolute Gasteiger partial charge is 0.467 e. The highest BCUT2D eigenvalue weighted by atomic mass is 32.1. The van der Waals surface area contributed by atoms with Crippen LogP contribution in [0.3, 0.4) is 0 Å². The Morgan fingerprint density at radius 1 is 1.32 bits per heavy atom. The van der Waals surface area contributed by atoms with Crippen LogP contribution < -0.4 is 4.90 Å². The Bertz CT molecular complexity index is 767. The fourth-order valence-electron chi connectivity index (χ4n) is 1.80. The van der Waals surface area contributed by atoms with E-state index in [4.69, 9.17) is 4.42 Å². The number of amides is 1. The molecule has 0 aliphatic rings. The molecule has 7 nitrogen and oxygen atoms in total. The number of anilines is 1. The fraction of sp³-hybridized carbons (Fsp3) is 0.214. The van der Waals surface area contributed by atoms with E-state index in [2.05, 4.69) is 20.2 Å². The minimum absolute atomic E-state index is 0.130. The molecular formula is C14H13N5O2S. The molecule has 0 spiro atoms. The van der Waals surface area contributed by atoms with E-state index in [0.717, 1.165) is 5.69 Å². The molecule has 3 aromatic heterocycles. The lowest BCUT2D eigenvalue weighted by Crippen LogP contribution is -2.27. The summed E-state index contributed by atoms with van der Waals surface area (Å²) < 4.78 is 5.28. The molecule has 0 N–H and O–H groups in total. The Morgan fingerprint density at radius 3 is 2.82 bits per heavy atom. The fourth-order valence-corrected chi connectivity index (χ4v) is 2.65. The van der Waals surface area contributed by atoms with E-state index in [1.165, 1.54) is 23.2 Å². The zero-order chi connectivity index (χ0) is 15.5. The third-order valence-corrected chi connectivity index (χ3v) is 3.89.